The first-order valence-electron chi connectivity index (χ1n) is 14.5. The highest BCUT2D eigenvalue weighted by molar-refractivity contribution is 8.24. The molecule has 5 aromatic carbocycles. The second-order valence-electron chi connectivity index (χ2n) is 10.1. The Morgan fingerprint density at radius 2 is 0.565 bits per heavy atom. The average molecular weight is 743 g/mol. The summed E-state index contributed by atoms with van der Waals surface area (Å²) in [5.74, 6) is 3.07. The third kappa shape index (κ3) is 10.2. The largest absolute Gasteiger partial charge is 0.109 e. The van der Waals surface area contributed by atoms with Gasteiger partial charge < -0.3 is 0 Å². The van der Waals surface area contributed by atoms with Crippen molar-refractivity contribution in [2.45, 2.75) is 23.0 Å². The minimum atomic E-state index is 0.761. The van der Waals surface area contributed by atoms with Crippen LogP contribution in [0.25, 0.3) is 0 Å². The maximum Gasteiger partial charge on any atom is 0.0781 e. The standard InChI is InChI=1S/C38H30S8/c39-35(27-13-5-1-6-14-27)43-23-31-21-22-32(24-44-36(40)28-15-7-2-8-16-28)34(26-46-38(42)30-19-11-4-12-20-30)33(31)25-45-37(41)29-17-9-3-10-18-29/h1-22H,23-26H2. The van der Waals surface area contributed by atoms with E-state index >= 15 is 0 Å². The summed E-state index contributed by atoms with van der Waals surface area (Å²) in [4.78, 5) is 0. The first kappa shape index (κ1) is 35.2. The van der Waals surface area contributed by atoms with Crippen LogP contribution >= 0.6 is 95.9 Å². The molecule has 5 rings (SSSR count). The fourth-order valence-electron chi connectivity index (χ4n) is 4.61. The van der Waals surface area contributed by atoms with Gasteiger partial charge in [-0.2, -0.15) is 0 Å². The second-order valence-corrected chi connectivity index (χ2v) is 16.7. The lowest BCUT2D eigenvalue weighted by Crippen LogP contribution is -2.06. The van der Waals surface area contributed by atoms with Crippen molar-refractivity contribution in [3.8, 4) is 0 Å². The van der Waals surface area contributed by atoms with Gasteiger partial charge in [0.15, 0.2) is 0 Å². The molecule has 230 valence electrons. The van der Waals surface area contributed by atoms with E-state index in [2.05, 4.69) is 60.7 Å². The molecule has 0 aliphatic heterocycles. The van der Waals surface area contributed by atoms with Gasteiger partial charge in [-0.15, -0.1) is 47.0 Å². The smallest absolute Gasteiger partial charge is 0.0781 e. The van der Waals surface area contributed by atoms with Crippen LogP contribution in [-0.4, -0.2) is 16.8 Å². The number of thioether (sulfide) groups is 4. The molecule has 0 saturated carbocycles. The third-order valence-corrected chi connectivity index (χ3v) is 13.2. The van der Waals surface area contributed by atoms with Gasteiger partial charge in [0.05, 0.1) is 16.8 Å². The number of hydrogen-bond donors (Lipinski definition) is 0. The molecule has 0 aliphatic rings. The Bertz CT molecular complexity index is 1650. The van der Waals surface area contributed by atoms with Crippen LogP contribution in [0.3, 0.4) is 0 Å². The van der Waals surface area contributed by atoms with Crippen molar-refractivity contribution in [3.05, 3.63) is 178 Å². The Hall–Kier alpha value is -2.14. The van der Waals surface area contributed by atoms with Crippen LogP contribution in [-0.2, 0) is 23.0 Å². The molecule has 0 aromatic heterocycles. The van der Waals surface area contributed by atoms with E-state index in [4.69, 9.17) is 48.9 Å². The Kier molecular flexibility index (Phi) is 14.1. The average Bonchev–Trinajstić information content (AvgIpc) is 3.12. The minimum Gasteiger partial charge on any atom is -0.109 e. The van der Waals surface area contributed by atoms with Gasteiger partial charge in [-0.3, -0.25) is 0 Å². The number of rotatable bonds is 12. The fraction of sp³-hybridized carbons (Fsp3) is 0.105. The third-order valence-electron chi connectivity index (χ3n) is 7.08. The van der Waals surface area contributed by atoms with E-state index in [9.17, 15) is 0 Å². The Balaban J connectivity index is 1.46. The van der Waals surface area contributed by atoms with E-state index in [1.54, 1.807) is 47.0 Å². The molecule has 0 atom stereocenters. The maximum atomic E-state index is 5.91. The molecular weight excluding hydrogens is 713 g/mol. The maximum absolute atomic E-state index is 5.91. The van der Waals surface area contributed by atoms with Gasteiger partial charge in [-0.25, -0.2) is 0 Å². The van der Waals surface area contributed by atoms with Gasteiger partial charge in [-0.1, -0.05) is 182 Å². The summed E-state index contributed by atoms with van der Waals surface area (Å²) in [5, 5.41) is 0. The van der Waals surface area contributed by atoms with Crippen LogP contribution < -0.4 is 0 Å². The molecule has 8 heteroatoms. The van der Waals surface area contributed by atoms with Crippen LogP contribution in [0.1, 0.15) is 44.5 Å². The van der Waals surface area contributed by atoms with Gasteiger partial charge in [0, 0.05) is 23.0 Å². The second kappa shape index (κ2) is 18.4. The molecule has 0 bridgehead atoms. The molecule has 0 heterocycles. The molecule has 0 N–H and O–H groups in total. The van der Waals surface area contributed by atoms with E-state index in [0.717, 1.165) is 62.1 Å². The Morgan fingerprint density at radius 1 is 0.326 bits per heavy atom. The highest BCUT2D eigenvalue weighted by Gasteiger charge is 2.18. The summed E-state index contributed by atoms with van der Waals surface area (Å²) in [7, 11) is 0. The van der Waals surface area contributed by atoms with Crippen LogP contribution in [0.15, 0.2) is 133 Å². The molecule has 0 aliphatic carbocycles. The summed E-state index contributed by atoms with van der Waals surface area (Å²) >= 11 is 30.4. The molecule has 0 saturated heterocycles. The van der Waals surface area contributed by atoms with Crippen LogP contribution in [0.5, 0.6) is 0 Å². The van der Waals surface area contributed by atoms with Crippen LogP contribution in [0.2, 0.25) is 0 Å². The van der Waals surface area contributed by atoms with E-state index in [1.807, 2.05) is 72.8 Å². The van der Waals surface area contributed by atoms with E-state index in [1.165, 1.54) is 22.3 Å². The monoisotopic (exact) mass is 742 g/mol. The van der Waals surface area contributed by atoms with Crippen molar-refractivity contribution in [1.82, 2.24) is 0 Å². The van der Waals surface area contributed by atoms with Crippen molar-refractivity contribution < 1.29 is 0 Å². The predicted octanol–water partition coefficient (Wildman–Crippen LogP) is 12.1. The van der Waals surface area contributed by atoms with Crippen molar-refractivity contribution in [2.24, 2.45) is 0 Å². The molecule has 0 amide bonds. The lowest BCUT2D eigenvalue weighted by Gasteiger charge is -2.20. The van der Waals surface area contributed by atoms with Gasteiger partial charge >= 0.3 is 0 Å². The van der Waals surface area contributed by atoms with Gasteiger partial charge in [-0.05, 0) is 44.5 Å². The van der Waals surface area contributed by atoms with Crippen molar-refractivity contribution in [2.75, 3.05) is 0 Å². The zero-order chi connectivity index (χ0) is 32.1. The number of benzene rings is 5. The van der Waals surface area contributed by atoms with Crippen LogP contribution in [0.4, 0.5) is 0 Å². The van der Waals surface area contributed by atoms with Gasteiger partial charge in [0.25, 0.3) is 0 Å². The first-order chi connectivity index (χ1) is 22.5. The summed E-state index contributed by atoms with van der Waals surface area (Å²) in [5.41, 5.74) is 9.46. The topological polar surface area (TPSA) is 0 Å². The van der Waals surface area contributed by atoms with Crippen LogP contribution in [0, 0.1) is 0 Å². The van der Waals surface area contributed by atoms with Crippen molar-refractivity contribution in [3.63, 3.8) is 0 Å². The number of hydrogen-bond acceptors (Lipinski definition) is 8. The molecule has 0 nitrogen and oxygen atoms in total. The molecule has 0 fully saturated rings. The number of thiocarbonyl (C=S) groups is 4. The normalized spacial score (nSPS) is 10.8. The first-order valence-corrected chi connectivity index (χ1v) is 20.1. The minimum absolute atomic E-state index is 0.761. The van der Waals surface area contributed by atoms with E-state index in [-0.39, 0.29) is 0 Å². The predicted molar refractivity (Wildman–Crippen MR) is 224 cm³/mol. The fourth-order valence-corrected chi connectivity index (χ4v) is 9.46. The van der Waals surface area contributed by atoms with Crippen molar-refractivity contribution >= 4 is 113 Å². The summed E-state index contributed by atoms with van der Waals surface area (Å²) in [6.07, 6.45) is 0. The van der Waals surface area contributed by atoms with Gasteiger partial charge in [0.2, 0.25) is 0 Å². The SMILES string of the molecule is S=C(SCc1ccc(CSC(=S)c2ccccc2)c(CSC(=S)c2ccccc2)c1CSC(=S)c1ccccc1)c1ccccc1. The Morgan fingerprint density at radius 3 is 0.826 bits per heavy atom. The zero-order valence-corrected chi connectivity index (χ0v) is 31.3. The molecular formula is C38H30S8. The lowest BCUT2D eigenvalue weighted by molar-refractivity contribution is 1.16. The highest BCUT2D eigenvalue weighted by Crippen LogP contribution is 2.35. The molecule has 0 radical (unpaired) electrons. The summed E-state index contributed by atoms with van der Waals surface area (Å²) in [6, 6.07) is 45.5. The summed E-state index contributed by atoms with van der Waals surface area (Å²) < 4.78 is 3.57. The van der Waals surface area contributed by atoms with E-state index in [0.29, 0.717) is 0 Å². The lowest BCUT2D eigenvalue weighted by atomic mass is 9.99. The highest BCUT2D eigenvalue weighted by atomic mass is 32.2. The zero-order valence-electron chi connectivity index (χ0n) is 24.8. The summed E-state index contributed by atoms with van der Waals surface area (Å²) in [6.45, 7) is 0. The molecule has 0 unspecified atom stereocenters. The van der Waals surface area contributed by atoms with Gasteiger partial charge in [0.1, 0.15) is 0 Å². The molecule has 0 spiro atoms. The molecule has 5 aromatic rings. The van der Waals surface area contributed by atoms with Crippen molar-refractivity contribution in [1.29, 1.82) is 0 Å². The molecule has 46 heavy (non-hydrogen) atoms. The quantitative estimate of drug-likeness (QED) is 0.114. The van der Waals surface area contributed by atoms with E-state index < -0.39 is 0 Å². The Labute approximate surface area is 311 Å².